The molecule has 1 saturated heterocycles. The van der Waals surface area contributed by atoms with Gasteiger partial charge < -0.3 is 0 Å². The predicted octanol–water partition coefficient (Wildman–Crippen LogP) is 2.57. The quantitative estimate of drug-likeness (QED) is 0.722. The molecule has 0 aliphatic carbocycles. The molecule has 0 saturated carbocycles. The van der Waals surface area contributed by atoms with E-state index in [9.17, 15) is 4.79 Å². The Labute approximate surface area is 97.8 Å². The maximum absolute atomic E-state index is 11.2. The minimum Gasteiger partial charge on any atom is -0.300 e. The average molecular weight is 229 g/mol. The van der Waals surface area contributed by atoms with Gasteiger partial charge >= 0.3 is 0 Å². The molecule has 15 heavy (non-hydrogen) atoms. The SMILES string of the molecule is CCC(=O)CCCN1CCSC(C)C1C. The first-order chi connectivity index (χ1) is 7.15. The van der Waals surface area contributed by atoms with Crippen LogP contribution in [-0.2, 0) is 4.79 Å². The Kier molecular flexibility index (Phi) is 5.69. The number of carbonyl (C=O) groups excluding carboxylic acids is 1. The van der Waals surface area contributed by atoms with Gasteiger partial charge in [-0.15, -0.1) is 0 Å². The first kappa shape index (κ1) is 13.0. The van der Waals surface area contributed by atoms with Gasteiger partial charge in [0.2, 0.25) is 0 Å². The fourth-order valence-electron chi connectivity index (χ4n) is 1.97. The zero-order valence-corrected chi connectivity index (χ0v) is 11.0. The first-order valence-electron chi connectivity index (χ1n) is 6.02. The molecule has 88 valence electrons. The van der Waals surface area contributed by atoms with Crippen LogP contribution in [0, 0.1) is 0 Å². The summed E-state index contributed by atoms with van der Waals surface area (Å²) < 4.78 is 0. The Morgan fingerprint density at radius 2 is 2.20 bits per heavy atom. The van der Waals surface area contributed by atoms with E-state index in [-0.39, 0.29) is 0 Å². The standard InChI is InChI=1S/C12H23NOS/c1-4-12(14)6-5-7-13-8-9-15-11(3)10(13)2/h10-11H,4-9H2,1-3H3. The highest BCUT2D eigenvalue weighted by Crippen LogP contribution is 2.24. The second-order valence-corrected chi connectivity index (χ2v) is 5.83. The van der Waals surface area contributed by atoms with Crippen LogP contribution in [0.4, 0.5) is 0 Å². The second kappa shape index (κ2) is 6.54. The van der Waals surface area contributed by atoms with Crippen LogP contribution < -0.4 is 0 Å². The number of thioether (sulfide) groups is 1. The molecule has 0 aromatic rings. The second-order valence-electron chi connectivity index (χ2n) is 4.35. The number of nitrogens with zero attached hydrogens (tertiary/aromatic N) is 1. The highest BCUT2D eigenvalue weighted by atomic mass is 32.2. The van der Waals surface area contributed by atoms with Crippen molar-refractivity contribution in [3.63, 3.8) is 0 Å². The van der Waals surface area contributed by atoms with E-state index in [1.807, 2.05) is 6.92 Å². The number of ketones is 1. The van der Waals surface area contributed by atoms with Gasteiger partial charge in [-0.3, -0.25) is 9.69 Å². The van der Waals surface area contributed by atoms with Crippen LogP contribution in [0.3, 0.4) is 0 Å². The third kappa shape index (κ3) is 4.15. The lowest BCUT2D eigenvalue weighted by Crippen LogP contribution is -2.45. The van der Waals surface area contributed by atoms with E-state index in [0.717, 1.165) is 24.6 Å². The normalized spacial score (nSPS) is 27.9. The smallest absolute Gasteiger partial charge is 0.132 e. The van der Waals surface area contributed by atoms with Crippen LogP contribution in [-0.4, -0.2) is 40.8 Å². The highest BCUT2D eigenvalue weighted by molar-refractivity contribution is 8.00. The predicted molar refractivity (Wildman–Crippen MR) is 67.5 cm³/mol. The van der Waals surface area contributed by atoms with Gasteiger partial charge in [-0.2, -0.15) is 11.8 Å². The number of Topliss-reactive ketones (excluding diaryl/α,β-unsaturated/α-hetero) is 1. The van der Waals surface area contributed by atoms with Crippen LogP contribution in [0.25, 0.3) is 0 Å². The van der Waals surface area contributed by atoms with Gasteiger partial charge in [0.15, 0.2) is 0 Å². The molecule has 0 amide bonds. The summed E-state index contributed by atoms with van der Waals surface area (Å²) in [6.45, 7) is 8.84. The monoisotopic (exact) mass is 229 g/mol. The van der Waals surface area contributed by atoms with Gasteiger partial charge in [0.1, 0.15) is 5.78 Å². The Morgan fingerprint density at radius 3 is 2.87 bits per heavy atom. The van der Waals surface area contributed by atoms with E-state index in [0.29, 0.717) is 18.2 Å². The van der Waals surface area contributed by atoms with E-state index in [4.69, 9.17) is 0 Å². The average Bonchev–Trinajstić information content (AvgIpc) is 2.24. The molecule has 1 rings (SSSR count). The van der Waals surface area contributed by atoms with Crippen molar-refractivity contribution < 1.29 is 4.79 Å². The van der Waals surface area contributed by atoms with Gasteiger partial charge in [0.25, 0.3) is 0 Å². The first-order valence-corrected chi connectivity index (χ1v) is 7.07. The molecule has 2 nitrogen and oxygen atoms in total. The summed E-state index contributed by atoms with van der Waals surface area (Å²) in [5.74, 6) is 1.65. The Balaban J connectivity index is 2.22. The molecule has 0 aromatic heterocycles. The summed E-state index contributed by atoms with van der Waals surface area (Å²) in [6, 6.07) is 0.667. The summed E-state index contributed by atoms with van der Waals surface area (Å²) in [5, 5.41) is 0.737. The van der Waals surface area contributed by atoms with Crippen LogP contribution in [0.1, 0.15) is 40.0 Å². The molecule has 1 heterocycles. The van der Waals surface area contributed by atoms with Crippen molar-refractivity contribution >= 4 is 17.5 Å². The van der Waals surface area contributed by atoms with Crippen LogP contribution >= 0.6 is 11.8 Å². The maximum Gasteiger partial charge on any atom is 0.132 e. The Hall–Kier alpha value is -0.0200. The molecule has 0 bridgehead atoms. The van der Waals surface area contributed by atoms with Crippen LogP contribution in [0.5, 0.6) is 0 Å². The van der Waals surface area contributed by atoms with Crippen molar-refractivity contribution in [2.45, 2.75) is 51.3 Å². The molecule has 1 aliphatic rings. The molecule has 2 atom stereocenters. The molecule has 1 aliphatic heterocycles. The zero-order valence-electron chi connectivity index (χ0n) is 10.2. The number of rotatable bonds is 5. The molecule has 0 spiro atoms. The van der Waals surface area contributed by atoms with Crippen molar-refractivity contribution in [1.82, 2.24) is 4.90 Å². The van der Waals surface area contributed by atoms with Crippen LogP contribution in [0.2, 0.25) is 0 Å². The summed E-state index contributed by atoms with van der Waals surface area (Å²) in [6.07, 6.45) is 2.50. The lowest BCUT2D eigenvalue weighted by molar-refractivity contribution is -0.118. The van der Waals surface area contributed by atoms with Gasteiger partial charge in [-0.1, -0.05) is 13.8 Å². The number of carbonyl (C=O) groups is 1. The van der Waals surface area contributed by atoms with E-state index < -0.39 is 0 Å². The molecule has 0 radical (unpaired) electrons. The number of hydrogen-bond acceptors (Lipinski definition) is 3. The summed E-state index contributed by atoms with van der Waals surface area (Å²) in [5.41, 5.74) is 0. The minimum absolute atomic E-state index is 0.405. The van der Waals surface area contributed by atoms with Gasteiger partial charge in [0, 0.05) is 36.4 Å². The van der Waals surface area contributed by atoms with Crippen molar-refractivity contribution in [3.8, 4) is 0 Å². The molecule has 0 N–H and O–H groups in total. The summed E-state index contributed by atoms with van der Waals surface area (Å²) in [4.78, 5) is 13.7. The third-order valence-electron chi connectivity index (χ3n) is 3.31. The molecule has 3 heteroatoms. The molecule has 0 aromatic carbocycles. The topological polar surface area (TPSA) is 20.3 Å². The Bertz CT molecular complexity index is 208. The fraction of sp³-hybridized carbons (Fsp3) is 0.917. The van der Waals surface area contributed by atoms with E-state index in [1.165, 1.54) is 12.3 Å². The molecule has 2 unspecified atom stereocenters. The summed E-state index contributed by atoms with van der Waals surface area (Å²) >= 11 is 2.07. The van der Waals surface area contributed by atoms with Crippen molar-refractivity contribution in [3.05, 3.63) is 0 Å². The lowest BCUT2D eigenvalue weighted by Gasteiger charge is -2.37. The van der Waals surface area contributed by atoms with Gasteiger partial charge in [-0.25, -0.2) is 0 Å². The molecule has 1 fully saturated rings. The zero-order chi connectivity index (χ0) is 11.3. The Morgan fingerprint density at radius 1 is 1.47 bits per heavy atom. The minimum atomic E-state index is 0.405. The van der Waals surface area contributed by atoms with E-state index in [1.54, 1.807) is 0 Å². The van der Waals surface area contributed by atoms with E-state index in [2.05, 4.69) is 30.5 Å². The van der Waals surface area contributed by atoms with Gasteiger partial charge in [0.05, 0.1) is 0 Å². The summed E-state index contributed by atoms with van der Waals surface area (Å²) in [7, 11) is 0. The lowest BCUT2D eigenvalue weighted by atomic mass is 10.1. The highest BCUT2D eigenvalue weighted by Gasteiger charge is 2.24. The third-order valence-corrected chi connectivity index (χ3v) is 4.65. The van der Waals surface area contributed by atoms with Crippen molar-refractivity contribution in [2.75, 3.05) is 18.8 Å². The fourth-order valence-corrected chi connectivity index (χ4v) is 3.13. The van der Waals surface area contributed by atoms with E-state index >= 15 is 0 Å². The van der Waals surface area contributed by atoms with Crippen molar-refractivity contribution in [2.24, 2.45) is 0 Å². The maximum atomic E-state index is 11.2. The molecular formula is C12H23NOS. The molecular weight excluding hydrogens is 206 g/mol. The van der Waals surface area contributed by atoms with Crippen molar-refractivity contribution in [1.29, 1.82) is 0 Å². The number of hydrogen-bond donors (Lipinski definition) is 0. The largest absolute Gasteiger partial charge is 0.300 e. The van der Waals surface area contributed by atoms with Gasteiger partial charge in [-0.05, 0) is 19.9 Å². The van der Waals surface area contributed by atoms with Crippen LogP contribution in [0.15, 0.2) is 0 Å².